The Hall–Kier alpha value is -2.51. The van der Waals surface area contributed by atoms with E-state index in [4.69, 9.17) is 4.74 Å². The van der Waals surface area contributed by atoms with Crippen molar-refractivity contribution in [2.75, 3.05) is 7.11 Å². The Morgan fingerprint density at radius 3 is 2.32 bits per heavy atom. The van der Waals surface area contributed by atoms with E-state index < -0.39 is 11.9 Å². The van der Waals surface area contributed by atoms with Gasteiger partial charge in [-0.15, -0.1) is 0 Å². The first kappa shape index (κ1) is 18.8. The SMILES string of the molecule is COc1ccc([C@H]2Sc3[nH]c(=O)sc3[C@@H](c3ccc(C)cc3)[C@H]2C(=O)O)cc1. The molecule has 0 bridgehead atoms. The summed E-state index contributed by atoms with van der Waals surface area (Å²) in [4.78, 5) is 28.0. The monoisotopic (exact) mass is 413 g/mol. The van der Waals surface area contributed by atoms with Gasteiger partial charge in [-0.3, -0.25) is 9.59 Å². The van der Waals surface area contributed by atoms with Gasteiger partial charge in [0.15, 0.2) is 0 Å². The molecule has 1 aliphatic heterocycles. The summed E-state index contributed by atoms with van der Waals surface area (Å²) in [6.45, 7) is 2.00. The maximum atomic E-state index is 12.4. The predicted octanol–water partition coefficient (Wildman–Crippen LogP) is 4.43. The Labute approximate surface area is 170 Å². The van der Waals surface area contributed by atoms with Crippen molar-refractivity contribution in [1.82, 2.24) is 4.98 Å². The molecule has 1 aromatic heterocycles. The average Bonchev–Trinajstić information content (AvgIpc) is 3.07. The van der Waals surface area contributed by atoms with Gasteiger partial charge in [0.1, 0.15) is 5.75 Å². The lowest BCUT2D eigenvalue weighted by Gasteiger charge is -2.35. The lowest BCUT2D eigenvalue weighted by atomic mass is 9.80. The van der Waals surface area contributed by atoms with Gasteiger partial charge in [0.2, 0.25) is 0 Å². The molecular formula is C21H19NO4S2. The molecule has 1 aliphatic rings. The van der Waals surface area contributed by atoms with Gasteiger partial charge in [-0.05, 0) is 30.2 Å². The molecule has 7 heteroatoms. The fourth-order valence-electron chi connectivity index (χ4n) is 3.63. The van der Waals surface area contributed by atoms with E-state index in [2.05, 4.69) is 4.98 Å². The molecule has 2 heterocycles. The van der Waals surface area contributed by atoms with Crippen molar-refractivity contribution >= 4 is 29.1 Å². The van der Waals surface area contributed by atoms with Crippen molar-refractivity contribution in [3.63, 3.8) is 0 Å². The van der Waals surface area contributed by atoms with E-state index in [9.17, 15) is 14.7 Å². The number of carboxylic acids is 1. The van der Waals surface area contributed by atoms with Gasteiger partial charge in [-0.1, -0.05) is 65.1 Å². The number of benzene rings is 2. The minimum absolute atomic E-state index is 0.158. The van der Waals surface area contributed by atoms with E-state index in [1.54, 1.807) is 7.11 Å². The van der Waals surface area contributed by atoms with E-state index in [1.807, 2.05) is 55.5 Å². The molecule has 0 saturated carbocycles. The molecule has 2 aromatic carbocycles. The van der Waals surface area contributed by atoms with Crippen LogP contribution in [0.3, 0.4) is 0 Å². The Morgan fingerprint density at radius 1 is 1.07 bits per heavy atom. The molecule has 0 amide bonds. The summed E-state index contributed by atoms with van der Waals surface area (Å²) in [6.07, 6.45) is 0. The molecular weight excluding hydrogens is 394 g/mol. The fraction of sp³-hybridized carbons (Fsp3) is 0.238. The standard InChI is InChI=1S/C21H19NO4S2/c1-11-3-5-12(6-4-11)15-16(20(23)24)17(13-7-9-14(26-2)10-8-13)27-19-18(15)28-21(25)22-19/h3-10,15-17H,1-2H3,(H,22,25)(H,23,24)/t15-,16+,17+/m0/s1. The van der Waals surface area contributed by atoms with Gasteiger partial charge >= 0.3 is 10.8 Å². The zero-order valence-electron chi connectivity index (χ0n) is 15.3. The van der Waals surface area contributed by atoms with Crippen molar-refractivity contribution in [2.24, 2.45) is 5.92 Å². The number of aromatic amines is 1. The lowest BCUT2D eigenvalue weighted by Crippen LogP contribution is -2.30. The lowest BCUT2D eigenvalue weighted by molar-refractivity contribution is -0.142. The highest BCUT2D eigenvalue weighted by atomic mass is 32.2. The number of fused-ring (bicyclic) bond motifs is 1. The molecule has 0 radical (unpaired) electrons. The van der Waals surface area contributed by atoms with Crippen LogP contribution in [0.25, 0.3) is 0 Å². The highest BCUT2D eigenvalue weighted by Crippen LogP contribution is 2.55. The highest BCUT2D eigenvalue weighted by molar-refractivity contribution is 7.99. The van der Waals surface area contributed by atoms with Crippen LogP contribution in [0.4, 0.5) is 0 Å². The first-order valence-electron chi connectivity index (χ1n) is 8.81. The summed E-state index contributed by atoms with van der Waals surface area (Å²) in [7, 11) is 1.60. The topological polar surface area (TPSA) is 79.4 Å². The molecule has 0 spiro atoms. The zero-order chi connectivity index (χ0) is 19.8. The average molecular weight is 414 g/mol. The molecule has 144 valence electrons. The Balaban J connectivity index is 1.87. The first-order valence-corrected chi connectivity index (χ1v) is 10.5. The number of thiazole rings is 1. The van der Waals surface area contributed by atoms with Crippen LogP contribution in [0.5, 0.6) is 5.75 Å². The van der Waals surface area contributed by atoms with Gasteiger partial charge in [-0.2, -0.15) is 0 Å². The number of aliphatic carboxylic acids is 1. The van der Waals surface area contributed by atoms with Crippen LogP contribution in [0.2, 0.25) is 0 Å². The number of aryl methyl sites for hydroxylation is 1. The minimum Gasteiger partial charge on any atom is -0.497 e. The number of carboxylic acid groups (broad SMARTS) is 1. The molecule has 5 nitrogen and oxygen atoms in total. The van der Waals surface area contributed by atoms with Crippen LogP contribution < -0.4 is 9.61 Å². The smallest absolute Gasteiger partial charge is 0.308 e. The highest BCUT2D eigenvalue weighted by Gasteiger charge is 2.45. The van der Waals surface area contributed by atoms with Crippen LogP contribution in [-0.4, -0.2) is 23.2 Å². The molecule has 4 rings (SSSR count). The van der Waals surface area contributed by atoms with Gasteiger partial charge in [0, 0.05) is 10.8 Å². The summed E-state index contributed by atoms with van der Waals surface area (Å²) in [5.41, 5.74) is 2.91. The van der Waals surface area contributed by atoms with Gasteiger partial charge in [-0.25, -0.2) is 0 Å². The van der Waals surface area contributed by atoms with E-state index in [0.717, 1.165) is 43.7 Å². The summed E-state index contributed by atoms with van der Waals surface area (Å²) in [6, 6.07) is 15.3. The van der Waals surface area contributed by atoms with Crippen molar-refractivity contribution < 1.29 is 14.6 Å². The summed E-state index contributed by atoms with van der Waals surface area (Å²) in [5.74, 6) is -1.23. The van der Waals surface area contributed by atoms with Crippen LogP contribution in [-0.2, 0) is 4.79 Å². The molecule has 0 fully saturated rings. The largest absolute Gasteiger partial charge is 0.497 e. The third-order valence-electron chi connectivity index (χ3n) is 5.02. The molecule has 0 saturated heterocycles. The van der Waals surface area contributed by atoms with E-state index in [-0.39, 0.29) is 16.0 Å². The van der Waals surface area contributed by atoms with Crippen LogP contribution in [0, 0.1) is 12.8 Å². The number of thioether (sulfide) groups is 1. The number of ether oxygens (including phenoxy) is 1. The number of H-pyrrole nitrogens is 1. The molecule has 0 unspecified atom stereocenters. The predicted molar refractivity (Wildman–Crippen MR) is 111 cm³/mol. The van der Waals surface area contributed by atoms with Crippen molar-refractivity contribution in [3.05, 3.63) is 79.8 Å². The Morgan fingerprint density at radius 2 is 1.71 bits per heavy atom. The number of hydrogen-bond donors (Lipinski definition) is 2. The Kier molecular flexibility index (Phi) is 5.03. The molecule has 3 atom stereocenters. The van der Waals surface area contributed by atoms with Gasteiger partial charge < -0.3 is 14.8 Å². The number of carbonyl (C=O) groups is 1. The molecule has 28 heavy (non-hydrogen) atoms. The fourth-order valence-corrected chi connectivity index (χ4v) is 6.23. The molecule has 3 aromatic rings. The van der Waals surface area contributed by atoms with Crippen LogP contribution in [0.15, 0.2) is 58.4 Å². The Bertz CT molecular complexity index is 1050. The van der Waals surface area contributed by atoms with Crippen molar-refractivity contribution in [2.45, 2.75) is 23.1 Å². The maximum Gasteiger partial charge on any atom is 0.308 e. The first-order chi connectivity index (χ1) is 13.5. The number of nitrogens with one attached hydrogen (secondary N) is 1. The van der Waals surface area contributed by atoms with Crippen LogP contribution >= 0.6 is 23.1 Å². The quantitative estimate of drug-likeness (QED) is 0.661. The molecule has 2 N–H and O–H groups in total. The van der Waals surface area contributed by atoms with E-state index in [0.29, 0.717) is 0 Å². The zero-order valence-corrected chi connectivity index (χ0v) is 17.0. The number of rotatable bonds is 4. The second-order valence-electron chi connectivity index (χ2n) is 6.77. The summed E-state index contributed by atoms with van der Waals surface area (Å²) >= 11 is 2.52. The van der Waals surface area contributed by atoms with Crippen molar-refractivity contribution in [1.29, 1.82) is 0 Å². The normalized spacial score (nSPS) is 21.1. The van der Waals surface area contributed by atoms with E-state index >= 15 is 0 Å². The van der Waals surface area contributed by atoms with Gasteiger partial charge in [0.25, 0.3) is 0 Å². The van der Waals surface area contributed by atoms with Crippen molar-refractivity contribution in [3.8, 4) is 5.75 Å². The summed E-state index contributed by atoms with van der Waals surface area (Å²) < 4.78 is 5.22. The minimum atomic E-state index is -0.870. The second kappa shape index (κ2) is 7.48. The second-order valence-corrected chi connectivity index (χ2v) is 8.94. The third-order valence-corrected chi connectivity index (χ3v) is 7.49. The number of hydrogen-bond acceptors (Lipinski definition) is 5. The summed E-state index contributed by atoms with van der Waals surface area (Å²) in [5, 5.41) is 10.6. The third kappa shape index (κ3) is 3.36. The number of aromatic nitrogens is 1. The van der Waals surface area contributed by atoms with E-state index in [1.165, 1.54) is 11.8 Å². The molecule has 0 aliphatic carbocycles. The number of methoxy groups -OCH3 is 1. The van der Waals surface area contributed by atoms with Gasteiger partial charge in [0.05, 0.1) is 23.3 Å². The van der Waals surface area contributed by atoms with Crippen LogP contribution in [0.1, 0.15) is 32.7 Å². The maximum absolute atomic E-state index is 12.4.